The molecule has 0 N–H and O–H groups in total. The van der Waals surface area contributed by atoms with Crippen molar-refractivity contribution in [1.82, 2.24) is 4.90 Å². The Morgan fingerprint density at radius 1 is 1.30 bits per heavy atom. The molecule has 106 valence electrons. The van der Waals surface area contributed by atoms with Crippen molar-refractivity contribution in [2.24, 2.45) is 0 Å². The highest BCUT2D eigenvalue weighted by Gasteiger charge is 2.45. The third-order valence-corrected chi connectivity index (χ3v) is 4.82. The van der Waals surface area contributed by atoms with E-state index < -0.39 is 0 Å². The minimum atomic E-state index is 0.0275. The molecule has 0 radical (unpaired) electrons. The molecular formula is C17H21NO2. The Morgan fingerprint density at radius 3 is 2.80 bits per heavy atom. The molecule has 1 aliphatic heterocycles. The lowest BCUT2D eigenvalue weighted by Crippen LogP contribution is -2.32. The van der Waals surface area contributed by atoms with E-state index in [1.807, 2.05) is 12.1 Å². The number of methoxy groups -OCH3 is 1. The molecule has 1 aromatic carbocycles. The number of hydrogen-bond acceptors (Lipinski definition) is 3. The first-order valence-electron chi connectivity index (χ1n) is 7.18. The summed E-state index contributed by atoms with van der Waals surface area (Å²) in [5.41, 5.74) is 3.70. The van der Waals surface area contributed by atoms with Gasteiger partial charge in [0.1, 0.15) is 5.75 Å². The van der Waals surface area contributed by atoms with E-state index in [1.54, 1.807) is 7.11 Å². The largest absolute Gasteiger partial charge is 0.496 e. The Kier molecular flexibility index (Phi) is 3.08. The van der Waals surface area contributed by atoms with Crippen LogP contribution in [0.2, 0.25) is 0 Å². The van der Waals surface area contributed by atoms with Crippen molar-refractivity contribution in [3.63, 3.8) is 0 Å². The lowest BCUT2D eigenvalue weighted by atomic mass is 9.70. The first-order chi connectivity index (χ1) is 9.56. The Balaban J connectivity index is 2.10. The molecule has 1 fully saturated rings. The third-order valence-electron chi connectivity index (χ3n) is 4.82. The molecule has 1 saturated heterocycles. The van der Waals surface area contributed by atoms with Crippen molar-refractivity contribution in [3.8, 4) is 5.75 Å². The molecule has 2 aliphatic rings. The van der Waals surface area contributed by atoms with Gasteiger partial charge in [0.2, 0.25) is 0 Å². The minimum Gasteiger partial charge on any atom is -0.496 e. The molecule has 0 aromatic heterocycles. The maximum atomic E-state index is 11.8. The zero-order valence-corrected chi connectivity index (χ0v) is 12.4. The van der Waals surface area contributed by atoms with Crippen LogP contribution in [0.15, 0.2) is 30.0 Å². The summed E-state index contributed by atoms with van der Waals surface area (Å²) in [6, 6.07) is 6.43. The number of likely N-dealkylation sites (tertiary alicyclic amines) is 1. The van der Waals surface area contributed by atoms with Crippen LogP contribution in [-0.4, -0.2) is 31.4 Å². The van der Waals surface area contributed by atoms with Crippen molar-refractivity contribution in [1.29, 1.82) is 0 Å². The molecule has 20 heavy (non-hydrogen) atoms. The number of hydrogen-bond donors (Lipinski definition) is 0. The number of ether oxygens (including phenoxy) is 1. The highest BCUT2D eigenvalue weighted by molar-refractivity contribution is 5.92. The number of rotatable bonds is 2. The molecule has 0 amide bonds. The van der Waals surface area contributed by atoms with Crippen molar-refractivity contribution in [2.45, 2.75) is 31.6 Å². The summed E-state index contributed by atoms with van der Waals surface area (Å²) in [4.78, 5) is 14.0. The number of allylic oxidation sites excluding steroid dienone is 2. The smallest absolute Gasteiger partial charge is 0.157 e. The zero-order chi connectivity index (χ0) is 14.3. The first kappa shape index (κ1) is 13.2. The van der Waals surface area contributed by atoms with Gasteiger partial charge in [-0.2, -0.15) is 0 Å². The molecule has 3 rings (SSSR count). The van der Waals surface area contributed by atoms with Crippen LogP contribution in [-0.2, 0) is 10.2 Å². The molecular weight excluding hydrogens is 250 g/mol. The molecule has 1 aromatic rings. The van der Waals surface area contributed by atoms with Crippen LogP contribution in [0.3, 0.4) is 0 Å². The summed E-state index contributed by atoms with van der Waals surface area (Å²) in [5.74, 6) is 1.18. The zero-order valence-electron chi connectivity index (χ0n) is 12.4. The average Bonchev–Trinajstić information content (AvgIpc) is 2.77. The van der Waals surface area contributed by atoms with E-state index in [0.717, 1.165) is 30.7 Å². The second-order valence-corrected chi connectivity index (χ2v) is 5.93. The maximum absolute atomic E-state index is 11.8. The number of carbonyl (C=O) groups is 1. The van der Waals surface area contributed by atoms with Crippen LogP contribution < -0.4 is 4.74 Å². The van der Waals surface area contributed by atoms with Gasteiger partial charge in [0.15, 0.2) is 5.78 Å². The van der Waals surface area contributed by atoms with E-state index >= 15 is 0 Å². The molecule has 1 atom stereocenters. The summed E-state index contributed by atoms with van der Waals surface area (Å²) in [6.07, 6.45) is 4.53. The van der Waals surface area contributed by atoms with Gasteiger partial charge in [-0.05, 0) is 37.0 Å². The predicted octanol–water partition coefficient (Wildman–Crippen LogP) is 2.82. The number of likely N-dealkylation sites (N-methyl/N-ethyl adjacent to an activating group) is 1. The van der Waals surface area contributed by atoms with Gasteiger partial charge < -0.3 is 9.64 Å². The Morgan fingerprint density at radius 2 is 2.10 bits per heavy atom. The quantitative estimate of drug-likeness (QED) is 0.828. The Bertz CT molecular complexity index is 591. The van der Waals surface area contributed by atoms with Crippen molar-refractivity contribution in [2.75, 3.05) is 20.7 Å². The van der Waals surface area contributed by atoms with E-state index in [1.165, 1.54) is 11.3 Å². The van der Waals surface area contributed by atoms with Gasteiger partial charge in [0.25, 0.3) is 0 Å². The van der Waals surface area contributed by atoms with Crippen LogP contribution in [0.5, 0.6) is 5.75 Å². The van der Waals surface area contributed by atoms with Gasteiger partial charge >= 0.3 is 0 Å². The standard InChI is InChI=1S/C17H21NO2/c1-12-10-13(4-5-15(12)20-3)17-7-6-14(19)11-16(17)18(2)9-8-17/h4-5,10-11H,6-9H2,1-3H3. The molecule has 1 heterocycles. The second kappa shape index (κ2) is 4.65. The van der Waals surface area contributed by atoms with Gasteiger partial charge in [0.05, 0.1) is 7.11 Å². The van der Waals surface area contributed by atoms with E-state index in [9.17, 15) is 4.79 Å². The number of carbonyl (C=O) groups excluding carboxylic acids is 1. The monoisotopic (exact) mass is 271 g/mol. The summed E-state index contributed by atoms with van der Waals surface area (Å²) in [7, 11) is 3.79. The summed E-state index contributed by atoms with van der Waals surface area (Å²) < 4.78 is 5.36. The van der Waals surface area contributed by atoms with Crippen molar-refractivity contribution < 1.29 is 9.53 Å². The molecule has 1 aliphatic carbocycles. The summed E-state index contributed by atoms with van der Waals surface area (Å²) >= 11 is 0. The van der Waals surface area contributed by atoms with Gasteiger partial charge in [-0.3, -0.25) is 4.79 Å². The van der Waals surface area contributed by atoms with Crippen LogP contribution in [0.4, 0.5) is 0 Å². The molecule has 0 bridgehead atoms. The van der Waals surface area contributed by atoms with Crippen LogP contribution in [0.25, 0.3) is 0 Å². The predicted molar refractivity (Wildman–Crippen MR) is 79.0 cm³/mol. The molecule has 3 heteroatoms. The molecule has 0 saturated carbocycles. The van der Waals surface area contributed by atoms with Crippen molar-refractivity contribution in [3.05, 3.63) is 41.1 Å². The Hall–Kier alpha value is -1.77. The van der Waals surface area contributed by atoms with E-state index in [4.69, 9.17) is 4.74 Å². The van der Waals surface area contributed by atoms with E-state index in [-0.39, 0.29) is 11.2 Å². The first-order valence-corrected chi connectivity index (χ1v) is 7.18. The second-order valence-electron chi connectivity index (χ2n) is 5.93. The van der Waals surface area contributed by atoms with Gasteiger partial charge in [-0.25, -0.2) is 0 Å². The fourth-order valence-corrected chi connectivity index (χ4v) is 3.65. The number of ketones is 1. The van der Waals surface area contributed by atoms with Crippen molar-refractivity contribution >= 4 is 5.78 Å². The third kappa shape index (κ3) is 1.84. The highest BCUT2D eigenvalue weighted by atomic mass is 16.5. The van der Waals surface area contributed by atoms with E-state index in [0.29, 0.717) is 6.42 Å². The number of fused-ring (bicyclic) bond motifs is 1. The summed E-state index contributed by atoms with van der Waals surface area (Å²) in [6.45, 7) is 3.10. The molecule has 3 nitrogen and oxygen atoms in total. The van der Waals surface area contributed by atoms with Crippen LogP contribution >= 0.6 is 0 Å². The Labute approximate surface area is 120 Å². The minimum absolute atomic E-state index is 0.0275. The summed E-state index contributed by atoms with van der Waals surface area (Å²) in [5, 5.41) is 0. The van der Waals surface area contributed by atoms with Crippen LogP contribution in [0.1, 0.15) is 30.4 Å². The highest BCUT2D eigenvalue weighted by Crippen LogP contribution is 2.48. The van der Waals surface area contributed by atoms with Crippen LogP contribution in [0, 0.1) is 6.92 Å². The number of nitrogens with zero attached hydrogens (tertiary/aromatic N) is 1. The average molecular weight is 271 g/mol. The van der Waals surface area contributed by atoms with Gasteiger partial charge in [-0.1, -0.05) is 12.1 Å². The van der Waals surface area contributed by atoms with Gasteiger partial charge in [0, 0.05) is 37.2 Å². The SMILES string of the molecule is COc1ccc(C23CCC(=O)C=C2N(C)CC3)cc1C. The molecule has 0 spiro atoms. The maximum Gasteiger partial charge on any atom is 0.157 e. The topological polar surface area (TPSA) is 29.5 Å². The number of aryl methyl sites for hydroxylation is 1. The van der Waals surface area contributed by atoms with Gasteiger partial charge in [-0.15, -0.1) is 0 Å². The lowest BCUT2D eigenvalue weighted by Gasteiger charge is -2.35. The molecule has 1 unspecified atom stereocenters. The lowest BCUT2D eigenvalue weighted by molar-refractivity contribution is -0.115. The van der Waals surface area contributed by atoms with E-state index in [2.05, 4.69) is 31.0 Å². The normalized spacial score (nSPS) is 25.4. The number of benzene rings is 1. The fourth-order valence-electron chi connectivity index (χ4n) is 3.65. The fraction of sp³-hybridized carbons (Fsp3) is 0.471.